The molecule has 0 atom stereocenters. The third-order valence-electron chi connectivity index (χ3n) is 7.16. The number of hydrogen-bond acceptors (Lipinski definition) is 10. The van der Waals surface area contributed by atoms with Crippen LogP contribution in [0.15, 0.2) is 78.8 Å². The highest BCUT2D eigenvalue weighted by Gasteiger charge is 2.12. The lowest BCUT2D eigenvalue weighted by atomic mass is 10.1. The molecule has 0 fully saturated rings. The van der Waals surface area contributed by atoms with Crippen LogP contribution in [0.5, 0.6) is 11.5 Å². The fourth-order valence-electron chi connectivity index (χ4n) is 4.46. The van der Waals surface area contributed by atoms with E-state index in [9.17, 15) is 0 Å². The second kappa shape index (κ2) is 19.8. The van der Waals surface area contributed by atoms with E-state index in [1.54, 1.807) is 22.4 Å². The van der Waals surface area contributed by atoms with Gasteiger partial charge in [0.2, 0.25) is 0 Å². The normalized spacial score (nSPS) is 12.2. The number of likely N-dealkylation sites (N-methyl/N-ethyl adjacent to an activating group) is 2. The van der Waals surface area contributed by atoms with Crippen LogP contribution in [0.1, 0.15) is 22.3 Å². The molecule has 0 radical (unpaired) electrons. The van der Waals surface area contributed by atoms with Gasteiger partial charge >= 0.3 is 0 Å². The second-order valence-electron chi connectivity index (χ2n) is 11.8. The minimum absolute atomic E-state index is 0.547. The van der Waals surface area contributed by atoms with Gasteiger partial charge in [0.15, 0.2) is 0 Å². The minimum atomic E-state index is 0.547. The average molecular weight is 918 g/mol. The van der Waals surface area contributed by atoms with Crippen LogP contribution in [0, 0.1) is 0 Å². The molecule has 0 saturated heterocycles. The van der Waals surface area contributed by atoms with Gasteiger partial charge in [-0.25, -0.2) is 11.7 Å². The van der Waals surface area contributed by atoms with Crippen molar-refractivity contribution < 1.29 is 9.47 Å². The Balaban J connectivity index is 1.52. The fraction of sp³-hybridized carbons (Fsp3) is 0.353. The van der Waals surface area contributed by atoms with Crippen LogP contribution in [-0.2, 0) is 12.8 Å². The molecule has 0 bridgehead atoms. The first-order chi connectivity index (χ1) is 22.7. The summed E-state index contributed by atoms with van der Waals surface area (Å²) in [7, 11) is 8.06. The van der Waals surface area contributed by atoms with Gasteiger partial charge in [0.05, 0.1) is 29.3 Å². The van der Waals surface area contributed by atoms with E-state index in [0.717, 1.165) is 77.6 Å². The van der Waals surface area contributed by atoms with Crippen molar-refractivity contribution in [3.8, 4) is 11.5 Å². The van der Waals surface area contributed by atoms with E-state index in [0.29, 0.717) is 37.7 Å². The van der Waals surface area contributed by atoms with Crippen molar-refractivity contribution in [1.29, 1.82) is 0 Å². The number of nitrogens with zero attached hydrogens (tertiary/aromatic N) is 4. The molecule has 3 rings (SSSR count). The first-order valence-electron chi connectivity index (χ1n) is 15.3. The van der Waals surface area contributed by atoms with E-state index in [4.69, 9.17) is 32.6 Å². The quantitative estimate of drug-likeness (QED) is 0.0894. The van der Waals surface area contributed by atoms with Gasteiger partial charge in [0.25, 0.3) is 0 Å². The molecule has 0 saturated carbocycles. The van der Waals surface area contributed by atoms with Gasteiger partial charge in [0, 0.05) is 38.6 Å². The molecule has 0 spiro atoms. The van der Waals surface area contributed by atoms with Crippen molar-refractivity contribution in [2.75, 3.05) is 67.6 Å². The van der Waals surface area contributed by atoms with Gasteiger partial charge < -0.3 is 40.8 Å². The molecule has 0 amide bonds. The van der Waals surface area contributed by atoms with E-state index in [1.165, 1.54) is 0 Å². The Labute approximate surface area is 318 Å². The van der Waals surface area contributed by atoms with E-state index in [-0.39, 0.29) is 0 Å². The van der Waals surface area contributed by atoms with Crippen LogP contribution in [-0.4, -0.2) is 87.4 Å². The summed E-state index contributed by atoms with van der Waals surface area (Å²) >= 11 is 14.5. The van der Waals surface area contributed by atoms with Gasteiger partial charge in [-0.1, -0.05) is 24.3 Å². The Morgan fingerprint density at radius 3 is 1.19 bits per heavy atom. The predicted molar refractivity (Wildman–Crippen MR) is 212 cm³/mol. The standard InChI is InChI=1S/C34H46Br4N8O2/c1-43(2)13-15-47-33-27(35)17-23(18-28(33)36)9-11-45(41)21-31(39)25-5-7-26(8-6-25)32(40)22-46(42)12-10-24-19-29(37)34(30(38)20-24)48-16-14-44(3)4/h5-8,17-22H,9-16,39-42H2,1-4H3/b31-21-,32-22-. The highest BCUT2D eigenvalue weighted by atomic mass is 79.9. The number of hydrogen-bond donors (Lipinski definition) is 4. The Morgan fingerprint density at radius 1 is 0.583 bits per heavy atom. The summed E-state index contributed by atoms with van der Waals surface area (Å²) in [6.45, 7) is 4.00. The van der Waals surface area contributed by atoms with Gasteiger partial charge in [-0.3, -0.25) is 0 Å². The number of ether oxygens (including phenoxy) is 2. The Hall–Kier alpha value is -2.30. The molecule has 14 heteroatoms. The number of rotatable bonds is 18. The zero-order valence-corrected chi connectivity index (χ0v) is 34.2. The van der Waals surface area contributed by atoms with E-state index >= 15 is 0 Å². The van der Waals surface area contributed by atoms with Crippen molar-refractivity contribution in [2.24, 2.45) is 23.2 Å². The molecule has 0 aliphatic carbocycles. The summed E-state index contributed by atoms with van der Waals surface area (Å²) < 4.78 is 15.4. The number of benzene rings is 3. The molecule has 262 valence electrons. The SMILES string of the molecule is CN(C)CCOc1c(Br)cc(CCN(N)/C=C(\N)c2ccc(/C(N)=C/N(N)CCc3cc(Br)c(OCCN(C)C)c(Br)c3)cc2)cc1Br. The van der Waals surface area contributed by atoms with Gasteiger partial charge in [-0.15, -0.1) is 0 Å². The Bertz CT molecular complexity index is 1390. The van der Waals surface area contributed by atoms with Crippen LogP contribution < -0.4 is 32.6 Å². The van der Waals surface area contributed by atoms with E-state index < -0.39 is 0 Å². The van der Waals surface area contributed by atoms with E-state index in [1.807, 2.05) is 52.5 Å². The molecule has 0 unspecified atom stereocenters. The second-order valence-corrected chi connectivity index (χ2v) is 15.2. The number of nitrogens with two attached hydrogens (primary N) is 4. The van der Waals surface area contributed by atoms with Crippen molar-refractivity contribution in [3.05, 3.63) is 101 Å². The summed E-state index contributed by atoms with van der Waals surface area (Å²) in [5.74, 6) is 14.1. The monoisotopic (exact) mass is 914 g/mol. The summed E-state index contributed by atoms with van der Waals surface area (Å²) in [6.07, 6.45) is 4.91. The van der Waals surface area contributed by atoms with Crippen molar-refractivity contribution >= 4 is 75.1 Å². The molecule has 0 aromatic heterocycles. The van der Waals surface area contributed by atoms with Gasteiger partial charge in [0.1, 0.15) is 24.7 Å². The first-order valence-corrected chi connectivity index (χ1v) is 18.5. The summed E-state index contributed by atoms with van der Waals surface area (Å²) in [5, 5.41) is 3.19. The molecule has 0 heterocycles. The molecule has 0 aliphatic heterocycles. The number of hydrazine groups is 2. The molecule has 3 aromatic carbocycles. The van der Waals surface area contributed by atoms with Crippen LogP contribution in [0.3, 0.4) is 0 Å². The highest BCUT2D eigenvalue weighted by Crippen LogP contribution is 2.36. The van der Waals surface area contributed by atoms with Crippen molar-refractivity contribution in [1.82, 2.24) is 19.8 Å². The maximum atomic E-state index is 6.38. The molecular formula is C34H46Br4N8O2. The molecule has 0 aliphatic rings. The van der Waals surface area contributed by atoms with Gasteiger partial charge in [-0.05, 0) is 151 Å². The lowest BCUT2D eigenvalue weighted by Gasteiger charge is -2.18. The molecule has 3 aromatic rings. The van der Waals surface area contributed by atoms with Crippen LogP contribution in [0.4, 0.5) is 0 Å². The summed E-state index contributed by atoms with van der Waals surface area (Å²) in [6, 6.07) is 15.9. The third kappa shape index (κ3) is 13.2. The highest BCUT2D eigenvalue weighted by molar-refractivity contribution is 9.11. The lowest BCUT2D eigenvalue weighted by molar-refractivity contribution is 0.259. The van der Waals surface area contributed by atoms with Gasteiger partial charge in [-0.2, -0.15) is 0 Å². The van der Waals surface area contributed by atoms with Crippen LogP contribution in [0.25, 0.3) is 11.4 Å². The largest absolute Gasteiger partial charge is 0.490 e. The average Bonchev–Trinajstić information content (AvgIpc) is 3.01. The summed E-state index contributed by atoms with van der Waals surface area (Å²) in [4.78, 5) is 4.15. The molecule has 10 nitrogen and oxygen atoms in total. The number of halogens is 4. The van der Waals surface area contributed by atoms with Crippen LogP contribution >= 0.6 is 63.7 Å². The molecular weight excluding hydrogens is 872 g/mol. The smallest absolute Gasteiger partial charge is 0.147 e. The molecule has 48 heavy (non-hydrogen) atoms. The Morgan fingerprint density at radius 2 is 0.896 bits per heavy atom. The maximum absolute atomic E-state index is 6.38. The minimum Gasteiger partial charge on any atom is -0.490 e. The van der Waals surface area contributed by atoms with E-state index in [2.05, 4.69) is 97.8 Å². The topological polar surface area (TPSA) is 136 Å². The molecule has 8 N–H and O–H groups in total. The third-order valence-corrected chi connectivity index (χ3v) is 9.52. The maximum Gasteiger partial charge on any atom is 0.147 e. The van der Waals surface area contributed by atoms with Crippen molar-refractivity contribution in [3.63, 3.8) is 0 Å². The zero-order valence-electron chi connectivity index (χ0n) is 27.9. The Kier molecular flexibility index (Phi) is 16.5. The predicted octanol–water partition coefficient (Wildman–Crippen LogP) is 5.97. The van der Waals surface area contributed by atoms with Crippen molar-refractivity contribution in [2.45, 2.75) is 12.8 Å². The van der Waals surface area contributed by atoms with Crippen LogP contribution in [0.2, 0.25) is 0 Å². The lowest BCUT2D eigenvalue weighted by Crippen LogP contribution is -2.28. The summed E-state index contributed by atoms with van der Waals surface area (Å²) in [5.41, 5.74) is 17.7. The zero-order chi connectivity index (χ0) is 35.4. The fourth-order valence-corrected chi connectivity index (χ4v) is 7.48. The first kappa shape index (κ1) is 40.1.